The van der Waals surface area contributed by atoms with Crippen LogP contribution in [0.3, 0.4) is 0 Å². The summed E-state index contributed by atoms with van der Waals surface area (Å²) in [4.78, 5) is 7.22. The van der Waals surface area contributed by atoms with Gasteiger partial charge in [-0.3, -0.25) is 4.90 Å². The minimum atomic E-state index is -4.34. The molecule has 3 heterocycles. The first-order chi connectivity index (χ1) is 13.8. The SMILES string of the molecule is Cc1ccc(C2C[C@H]3CCC([C@@H]2c2nc4cc(C(F)(F)F)ccc4s2)N3C)cc1. The summed E-state index contributed by atoms with van der Waals surface area (Å²) in [7, 11) is 2.19. The number of hydrogen-bond acceptors (Lipinski definition) is 3. The van der Waals surface area contributed by atoms with Gasteiger partial charge in [0.05, 0.1) is 20.8 Å². The Labute approximate surface area is 172 Å². The van der Waals surface area contributed by atoms with E-state index >= 15 is 0 Å². The molecule has 0 amide bonds. The normalized spacial score (nSPS) is 27.6. The number of piperidine rings is 1. The lowest BCUT2D eigenvalue weighted by atomic mass is 9.76. The van der Waals surface area contributed by atoms with Crippen LogP contribution in [0.1, 0.15) is 52.8 Å². The molecule has 2 saturated heterocycles. The van der Waals surface area contributed by atoms with Gasteiger partial charge in [0.15, 0.2) is 0 Å². The molecule has 2 unspecified atom stereocenters. The second kappa shape index (κ2) is 6.81. The van der Waals surface area contributed by atoms with Gasteiger partial charge in [0, 0.05) is 18.0 Å². The van der Waals surface area contributed by atoms with Gasteiger partial charge in [-0.05, 0) is 62.9 Å². The quantitative estimate of drug-likeness (QED) is 0.483. The van der Waals surface area contributed by atoms with Crippen LogP contribution in [0.25, 0.3) is 10.2 Å². The van der Waals surface area contributed by atoms with Crippen LogP contribution in [-0.2, 0) is 6.18 Å². The lowest BCUT2D eigenvalue weighted by Gasteiger charge is -2.42. The van der Waals surface area contributed by atoms with Crippen molar-refractivity contribution in [2.45, 2.75) is 56.3 Å². The zero-order chi connectivity index (χ0) is 20.3. The molecule has 5 rings (SSSR count). The van der Waals surface area contributed by atoms with Crippen LogP contribution < -0.4 is 0 Å². The number of rotatable bonds is 2. The van der Waals surface area contributed by atoms with Crippen molar-refractivity contribution < 1.29 is 13.2 Å². The fourth-order valence-corrected chi connectivity index (χ4v) is 6.40. The van der Waals surface area contributed by atoms with Gasteiger partial charge in [-0.2, -0.15) is 13.2 Å². The minimum absolute atomic E-state index is 0.216. The third-order valence-electron chi connectivity index (χ3n) is 6.79. The van der Waals surface area contributed by atoms with E-state index in [4.69, 9.17) is 4.98 Å². The maximum atomic E-state index is 13.1. The van der Waals surface area contributed by atoms with E-state index in [0.717, 1.165) is 22.5 Å². The highest BCUT2D eigenvalue weighted by Crippen LogP contribution is 2.52. The summed E-state index contributed by atoms with van der Waals surface area (Å²) in [6, 6.07) is 13.6. The van der Waals surface area contributed by atoms with E-state index in [1.54, 1.807) is 17.4 Å². The average Bonchev–Trinajstić information content (AvgIpc) is 3.19. The Morgan fingerprint density at radius 2 is 1.83 bits per heavy atom. The molecule has 4 atom stereocenters. The maximum Gasteiger partial charge on any atom is 0.416 e. The van der Waals surface area contributed by atoms with Crippen molar-refractivity contribution in [3.8, 4) is 0 Å². The fraction of sp³-hybridized carbons (Fsp3) is 0.435. The molecule has 2 nitrogen and oxygen atoms in total. The summed E-state index contributed by atoms with van der Waals surface area (Å²) in [6.45, 7) is 2.09. The summed E-state index contributed by atoms with van der Waals surface area (Å²) < 4.78 is 40.2. The Balaban J connectivity index is 1.59. The second-order valence-electron chi connectivity index (χ2n) is 8.48. The van der Waals surface area contributed by atoms with Crippen molar-refractivity contribution in [1.82, 2.24) is 9.88 Å². The fourth-order valence-electron chi connectivity index (χ4n) is 5.22. The van der Waals surface area contributed by atoms with Crippen LogP contribution in [0.4, 0.5) is 13.2 Å². The van der Waals surface area contributed by atoms with Crippen molar-refractivity contribution >= 4 is 21.6 Å². The molecule has 1 aromatic heterocycles. The predicted molar refractivity (Wildman–Crippen MR) is 110 cm³/mol. The van der Waals surface area contributed by atoms with Crippen molar-refractivity contribution in [3.05, 3.63) is 64.2 Å². The molecule has 2 fully saturated rings. The van der Waals surface area contributed by atoms with Crippen molar-refractivity contribution in [1.29, 1.82) is 0 Å². The number of halogens is 3. The van der Waals surface area contributed by atoms with Crippen molar-refractivity contribution in [3.63, 3.8) is 0 Å². The molecule has 3 aromatic rings. The highest BCUT2D eigenvalue weighted by Gasteiger charge is 2.47. The second-order valence-corrected chi connectivity index (χ2v) is 9.54. The van der Waals surface area contributed by atoms with Crippen LogP contribution in [-0.4, -0.2) is 29.0 Å². The number of benzene rings is 2. The maximum absolute atomic E-state index is 13.1. The number of likely N-dealkylation sites (N-methyl/N-ethyl adjacent to an activating group) is 1. The van der Waals surface area contributed by atoms with Crippen LogP contribution in [0.15, 0.2) is 42.5 Å². The number of hydrogen-bond donors (Lipinski definition) is 0. The van der Waals surface area contributed by atoms with E-state index in [1.165, 1.54) is 29.7 Å². The summed E-state index contributed by atoms with van der Waals surface area (Å²) >= 11 is 1.56. The molecule has 0 N–H and O–H groups in total. The molecular weight excluding hydrogens is 393 g/mol. The van der Waals surface area contributed by atoms with Crippen LogP contribution in [0, 0.1) is 6.92 Å². The van der Waals surface area contributed by atoms with E-state index in [-0.39, 0.29) is 5.92 Å². The van der Waals surface area contributed by atoms with Gasteiger partial charge >= 0.3 is 6.18 Å². The molecule has 0 spiro atoms. The van der Waals surface area contributed by atoms with Gasteiger partial charge in [0.1, 0.15) is 0 Å². The van der Waals surface area contributed by atoms with E-state index in [2.05, 4.69) is 43.1 Å². The molecule has 2 aliphatic rings. The summed E-state index contributed by atoms with van der Waals surface area (Å²) in [6.07, 6.45) is -0.961. The molecule has 152 valence electrons. The van der Waals surface area contributed by atoms with E-state index < -0.39 is 11.7 Å². The van der Waals surface area contributed by atoms with Crippen LogP contribution in [0.2, 0.25) is 0 Å². The number of fused-ring (bicyclic) bond motifs is 3. The molecule has 0 aliphatic carbocycles. The Kier molecular flexibility index (Phi) is 4.48. The average molecular weight is 417 g/mol. The first-order valence-electron chi connectivity index (χ1n) is 10.1. The van der Waals surface area contributed by atoms with E-state index in [9.17, 15) is 13.2 Å². The number of alkyl halides is 3. The summed E-state index contributed by atoms with van der Waals surface area (Å²) in [5.74, 6) is 0.570. The van der Waals surface area contributed by atoms with Crippen LogP contribution in [0.5, 0.6) is 0 Å². The molecule has 2 bridgehead atoms. The molecule has 2 aliphatic heterocycles. The smallest absolute Gasteiger partial charge is 0.300 e. The Bertz CT molecular complexity index is 1040. The first kappa shape index (κ1) is 19.1. The van der Waals surface area contributed by atoms with E-state index in [1.807, 2.05) is 0 Å². The topological polar surface area (TPSA) is 16.1 Å². The standard InChI is InChI=1S/C23H23F3N2S/c1-13-3-5-14(6-4-13)17-12-16-8-9-19(28(16)2)21(17)22-27-18-11-15(23(24,25)26)7-10-20(18)29-22/h3-7,10-11,16-17,19,21H,8-9,12H2,1-2H3/t16-,17?,19?,21-/m1/s1. The number of thiazole rings is 1. The van der Waals surface area contributed by atoms with Crippen molar-refractivity contribution in [2.75, 3.05) is 7.05 Å². The Morgan fingerprint density at radius 3 is 2.55 bits per heavy atom. The minimum Gasteiger partial charge on any atom is -0.300 e. The predicted octanol–water partition coefficient (Wildman–Crippen LogP) is 6.36. The third-order valence-corrected chi connectivity index (χ3v) is 7.93. The monoisotopic (exact) mass is 416 g/mol. The Hall–Kier alpha value is -1.92. The molecule has 29 heavy (non-hydrogen) atoms. The zero-order valence-electron chi connectivity index (χ0n) is 16.4. The van der Waals surface area contributed by atoms with Gasteiger partial charge in [0.2, 0.25) is 0 Å². The Morgan fingerprint density at radius 1 is 1.07 bits per heavy atom. The third kappa shape index (κ3) is 3.26. The van der Waals surface area contributed by atoms with Gasteiger partial charge in [-0.1, -0.05) is 29.8 Å². The first-order valence-corrected chi connectivity index (χ1v) is 10.9. The molecule has 0 saturated carbocycles. The lowest BCUT2D eigenvalue weighted by molar-refractivity contribution is -0.137. The zero-order valence-corrected chi connectivity index (χ0v) is 17.2. The number of nitrogens with zero attached hydrogens (tertiary/aromatic N) is 2. The largest absolute Gasteiger partial charge is 0.416 e. The molecular formula is C23H23F3N2S. The van der Waals surface area contributed by atoms with Crippen LogP contribution >= 0.6 is 11.3 Å². The number of aryl methyl sites for hydroxylation is 1. The lowest BCUT2D eigenvalue weighted by Crippen LogP contribution is -2.44. The highest BCUT2D eigenvalue weighted by molar-refractivity contribution is 7.18. The summed E-state index contributed by atoms with van der Waals surface area (Å²) in [5, 5.41) is 0.974. The molecule has 6 heteroatoms. The molecule has 2 aromatic carbocycles. The van der Waals surface area contributed by atoms with Crippen molar-refractivity contribution in [2.24, 2.45) is 0 Å². The van der Waals surface area contributed by atoms with Gasteiger partial charge in [-0.25, -0.2) is 4.98 Å². The van der Waals surface area contributed by atoms with Gasteiger partial charge in [0.25, 0.3) is 0 Å². The summed E-state index contributed by atoms with van der Waals surface area (Å²) in [5.41, 5.74) is 2.39. The highest BCUT2D eigenvalue weighted by atomic mass is 32.1. The molecule has 0 radical (unpaired) electrons. The van der Waals surface area contributed by atoms with E-state index in [0.29, 0.717) is 23.5 Å². The number of aromatic nitrogens is 1. The van der Waals surface area contributed by atoms with Gasteiger partial charge in [-0.15, -0.1) is 11.3 Å². The van der Waals surface area contributed by atoms with Gasteiger partial charge < -0.3 is 0 Å².